The molecule has 24 heavy (non-hydrogen) atoms. The maximum absolute atomic E-state index is 12.1. The Morgan fingerprint density at radius 2 is 2.29 bits per heavy atom. The minimum Gasteiger partial charge on any atom is -0.419 e. The summed E-state index contributed by atoms with van der Waals surface area (Å²) < 4.78 is 5.67. The summed E-state index contributed by atoms with van der Waals surface area (Å²) in [5, 5.41) is 8.13. The van der Waals surface area contributed by atoms with E-state index >= 15 is 0 Å². The second-order valence-corrected chi connectivity index (χ2v) is 6.23. The van der Waals surface area contributed by atoms with Crippen LogP contribution in [0.2, 0.25) is 0 Å². The first-order valence-electron chi connectivity index (χ1n) is 8.62. The van der Waals surface area contributed by atoms with E-state index in [2.05, 4.69) is 20.2 Å². The van der Waals surface area contributed by atoms with Gasteiger partial charge in [0.05, 0.1) is 6.20 Å². The molecule has 7 heteroatoms. The lowest BCUT2D eigenvalue weighted by Crippen LogP contribution is -2.39. The van der Waals surface area contributed by atoms with E-state index in [-0.39, 0.29) is 5.91 Å². The van der Waals surface area contributed by atoms with Gasteiger partial charge < -0.3 is 9.32 Å². The number of carbonyl (C=O) groups is 1. The maximum atomic E-state index is 12.1. The quantitative estimate of drug-likeness (QED) is 0.809. The molecular weight excluding hydrogens is 306 g/mol. The molecule has 0 radical (unpaired) electrons. The smallest absolute Gasteiger partial charge is 0.267 e. The van der Waals surface area contributed by atoms with E-state index in [9.17, 15) is 4.79 Å². The van der Waals surface area contributed by atoms with Gasteiger partial charge in [-0.1, -0.05) is 6.92 Å². The van der Waals surface area contributed by atoms with Crippen LogP contribution >= 0.6 is 0 Å². The van der Waals surface area contributed by atoms with Crippen molar-refractivity contribution in [3.63, 3.8) is 0 Å². The third-order valence-electron chi connectivity index (χ3n) is 4.35. The van der Waals surface area contributed by atoms with Crippen molar-refractivity contribution in [1.82, 2.24) is 25.1 Å². The number of nitrogens with zero attached hydrogens (tertiary/aromatic N) is 5. The Labute approximate surface area is 141 Å². The number of carbonyl (C=O) groups excluding carboxylic acids is 1. The molecular formula is C17H23N5O2. The zero-order valence-corrected chi connectivity index (χ0v) is 14.0. The number of likely N-dealkylation sites (tertiary alicyclic amines) is 1. The van der Waals surface area contributed by atoms with Crippen LogP contribution < -0.4 is 0 Å². The minimum absolute atomic E-state index is 0.282. The number of aromatic nitrogens is 4. The molecule has 0 bridgehead atoms. The first-order valence-corrected chi connectivity index (χ1v) is 8.62. The van der Waals surface area contributed by atoms with Crippen LogP contribution in [0.4, 0.5) is 0 Å². The Bertz CT molecular complexity index is 658. The number of hydrogen-bond donors (Lipinski definition) is 0. The molecule has 1 fully saturated rings. The third-order valence-corrected chi connectivity index (χ3v) is 4.35. The van der Waals surface area contributed by atoms with E-state index in [4.69, 9.17) is 4.42 Å². The van der Waals surface area contributed by atoms with Crippen LogP contribution in [0, 0.1) is 5.92 Å². The fourth-order valence-electron chi connectivity index (χ4n) is 3.09. The van der Waals surface area contributed by atoms with Crippen molar-refractivity contribution in [2.45, 2.75) is 45.4 Å². The Hall–Kier alpha value is -2.31. The molecule has 2 aromatic rings. The third kappa shape index (κ3) is 4.15. The molecule has 0 aromatic carbocycles. The first-order chi connectivity index (χ1) is 11.8. The van der Waals surface area contributed by atoms with Gasteiger partial charge in [-0.3, -0.25) is 9.78 Å². The number of amides is 1. The number of aryl methyl sites for hydroxylation is 1. The van der Waals surface area contributed by atoms with Crippen molar-refractivity contribution in [2.24, 2.45) is 5.92 Å². The van der Waals surface area contributed by atoms with Gasteiger partial charge >= 0.3 is 0 Å². The van der Waals surface area contributed by atoms with Gasteiger partial charge in [0.2, 0.25) is 11.8 Å². The van der Waals surface area contributed by atoms with Crippen molar-refractivity contribution in [2.75, 3.05) is 13.1 Å². The molecule has 0 unspecified atom stereocenters. The second-order valence-electron chi connectivity index (χ2n) is 6.23. The summed E-state index contributed by atoms with van der Waals surface area (Å²) in [5.74, 6) is 1.81. The van der Waals surface area contributed by atoms with Crippen LogP contribution in [0.5, 0.6) is 0 Å². The lowest BCUT2D eigenvalue weighted by molar-refractivity contribution is -0.133. The van der Waals surface area contributed by atoms with Gasteiger partial charge in [0.1, 0.15) is 5.69 Å². The largest absolute Gasteiger partial charge is 0.419 e. The molecule has 0 saturated carbocycles. The van der Waals surface area contributed by atoms with Crippen LogP contribution in [0.25, 0.3) is 11.6 Å². The van der Waals surface area contributed by atoms with Crippen molar-refractivity contribution < 1.29 is 9.21 Å². The molecule has 1 aliphatic rings. The highest BCUT2D eigenvalue weighted by Crippen LogP contribution is 2.23. The van der Waals surface area contributed by atoms with E-state index in [0.29, 0.717) is 29.8 Å². The Morgan fingerprint density at radius 3 is 3.08 bits per heavy atom. The molecule has 1 atom stereocenters. The Morgan fingerprint density at radius 1 is 1.38 bits per heavy atom. The van der Waals surface area contributed by atoms with Crippen LogP contribution in [-0.4, -0.2) is 44.1 Å². The average Bonchev–Trinajstić information content (AvgIpc) is 3.10. The lowest BCUT2D eigenvalue weighted by Gasteiger charge is -2.32. The Balaban J connectivity index is 1.52. The fraction of sp³-hybridized carbons (Fsp3) is 0.588. The molecule has 2 aromatic heterocycles. The predicted molar refractivity (Wildman–Crippen MR) is 87.9 cm³/mol. The van der Waals surface area contributed by atoms with Gasteiger partial charge in [-0.2, -0.15) is 0 Å². The highest BCUT2D eigenvalue weighted by Gasteiger charge is 2.23. The standard InChI is InChI=1S/C17H23N5O2/c1-2-4-16(23)22-10-3-5-13(12-22)6-7-15-20-21-17(24-15)14-11-18-8-9-19-14/h8-9,11,13H,2-7,10,12H2,1H3/t13-/m1/s1. The normalized spacial score (nSPS) is 17.9. The van der Waals surface area contributed by atoms with E-state index < -0.39 is 0 Å². The maximum Gasteiger partial charge on any atom is 0.267 e. The fourth-order valence-corrected chi connectivity index (χ4v) is 3.09. The molecule has 0 N–H and O–H groups in total. The molecule has 1 saturated heterocycles. The SMILES string of the molecule is CCCC(=O)N1CCC[C@H](CCc2nnc(-c3cnccn3)o2)C1. The summed E-state index contributed by atoms with van der Waals surface area (Å²) >= 11 is 0. The van der Waals surface area contributed by atoms with Crippen LogP contribution in [-0.2, 0) is 11.2 Å². The molecule has 0 aliphatic carbocycles. The summed E-state index contributed by atoms with van der Waals surface area (Å²) in [7, 11) is 0. The first kappa shape index (κ1) is 16.5. The van der Waals surface area contributed by atoms with Gasteiger partial charge in [0, 0.05) is 38.3 Å². The molecule has 3 rings (SSSR count). The Kier molecular flexibility index (Phi) is 5.51. The second kappa shape index (κ2) is 7.99. The van der Waals surface area contributed by atoms with Gasteiger partial charge in [0.25, 0.3) is 5.89 Å². The molecule has 7 nitrogen and oxygen atoms in total. The van der Waals surface area contributed by atoms with Crippen molar-refractivity contribution >= 4 is 5.91 Å². The van der Waals surface area contributed by atoms with Crippen molar-refractivity contribution in [3.05, 3.63) is 24.5 Å². The van der Waals surface area contributed by atoms with E-state index in [1.807, 2.05) is 11.8 Å². The zero-order chi connectivity index (χ0) is 16.8. The van der Waals surface area contributed by atoms with Crippen LogP contribution in [0.3, 0.4) is 0 Å². The zero-order valence-electron chi connectivity index (χ0n) is 14.0. The monoisotopic (exact) mass is 329 g/mol. The number of piperidine rings is 1. The molecule has 0 spiro atoms. The molecule has 1 amide bonds. The lowest BCUT2D eigenvalue weighted by atomic mass is 9.93. The van der Waals surface area contributed by atoms with E-state index in [1.54, 1.807) is 18.6 Å². The summed E-state index contributed by atoms with van der Waals surface area (Å²) in [6.45, 7) is 3.79. The topological polar surface area (TPSA) is 85.0 Å². The molecule has 1 aliphatic heterocycles. The van der Waals surface area contributed by atoms with Crippen molar-refractivity contribution in [3.8, 4) is 11.6 Å². The predicted octanol–water partition coefficient (Wildman–Crippen LogP) is 2.50. The highest BCUT2D eigenvalue weighted by atomic mass is 16.4. The van der Waals surface area contributed by atoms with Gasteiger partial charge in [0.15, 0.2) is 0 Å². The molecule has 128 valence electrons. The van der Waals surface area contributed by atoms with E-state index in [0.717, 1.165) is 45.2 Å². The number of rotatable bonds is 6. The highest BCUT2D eigenvalue weighted by molar-refractivity contribution is 5.76. The van der Waals surface area contributed by atoms with Crippen LogP contribution in [0.1, 0.15) is 44.9 Å². The van der Waals surface area contributed by atoms with Gasteiger partial charge in [-0.15, -0.1) is 10.2 Å². The van der Waals surface area contributed by atoms with Crippen molar-refractivity contribution in [1.29, 1.82) is 0 Å². The van der Waals surface area contributed by atoms with E-state index in [1.165, 1.54) is 0 Å². The van der Waals surface area contributed by atoms with Crippen LogP contribution in [0.15, 0.2) is 23.0 Å². The summed E-state index contributed by atoms with van der Waals surface area (Å²) in [6, 6.07) is 0. The van der Waals surface area contributed by atoms with Gasteiger partial charge in [-0.05, 0) is 31.6 Å². The molecule has 3 heterocycles. The summed E-state index contributed by atoms with van der Waals surface area (Å²) in [4.78, 5) is 22.2. The summed E-state index contributed by atoms with van der Waals surface area (Å²) in [5.41, 5.74) is 0.588. The minimum atomic E-state index is 0.282. The average molecular weight is 329 g/mol. The summed E-state index contributed by atoms with van der Waals surface area (Å²) in [6.07, 6.45) is 10.3. The van der Waals surface area contributed by atoms with Gasteiger partial charge in [-0.25, -0.2) is 4.98 Å². The number of hydrogen-bond acceptors (Lipinski definition) is 6.